The molecule has 4 rings (SSSR count). The van der Waals surface area contributed by atoms with Gasteiger partial charge in [-0.1, -0.05) is 11.3 Å². The van der Waals surface area contributed by atoms with Gasteiger partial charge in [0.1, 0.15) is 27.2 Å². The van der Waals surface area contributed by atoms with Crippen LogP contribution in [0.25, 0.3) is 21.1 Å². The number of nitrogens with one attached hydrogen (secondary N) is 1. The molecule has 166 valence electrons. The van der Waals surface area contributed by atoms with Gasteiger partial charge >= 0.3 is 0 Å². The summed E-state index contributed by atoms with van der Waals surface area (Å²) in [5, 5.41) is 11.5. The lowest BCUT2D eigenvalue weighted by atomic mass is 10.1. The molecule has 0 unspecified atom stereocenters. The fraction of sp³-hybridized carbons (Fsp3) is 0.100. The van der Waals surface area contributed by atoms with Crippen LogP contribution < -0.4 is 25.7 Å². The van der Waals surface area contributed by atoms with Crippen molar-refractivity contribution in [3.05, 3.63) is 47.8 Å². The first-order chi connectivity index (χ1) is 15.3. The fourth-order valence-electron chi connectivity index (χ4n) is 2.90. The van der Waals surface area contributed by atoms with Gasteiger partial charge in [0.15, 0.2) is 5.13 Å². The molecule has 0 aliphatic carbocycles. The number of thiazole rings is 2. The van der Waals surface area contributed by atoms with E-state index in [0.29, 0.717) is 28.1 Å². The van der Waals surface area contributed by atoms with Crippen molar-refractivity contribution >= 4 is 49.3 Å². The van der Waals surface area contributed by atoms with Gasteiger partial charge in [-0.15, -0.1) is 11.3 Å². The third-order valence-electron chi connectivity index (χ3n) is 4.47. The first kappa shape index (κ1) is 22.0. The molecule has 0 bridgehead atoms. The predicted molar refractivity (Wildman–Crippen MR) is 127 cm³/mol. The Morgan fingerprint density at radius 1 is 1.03 bits per heavy atom. The number of anilines is 3. The molecule has 0 radical (unpaired) electrons. The minimum Gasteiger partial charge on any atom is -0.497 e. The third-order valence-corrected chi connectivity index (χ3v) is 7.38. The van der Waals surface area contributed by atoms with Gasteiger partial charge in [-0.05, 0) is 36.4 Å². The van der Waals surface area contributed by atoms with Crippen LogP contribution in [-0.2, 0) is 10.0 Å². The molecule has 0 atom stereocenters. The van der Waals surface area contributed by atoms with E-state index >= 15 is 0 Å². The molecule has 2 aromatic heterocycles. The molecule has 12 heteroatoms. The zero-order valence-electron chi connectivity index (χ0n) is 17.0. The lowest BCUT2D eigenvalue weighted by Crippen LogP contribution is -2.11. The summed E-state index contributed by atoms with van der Waals surface area (Å²) in [6, 6.07) is 11.6. The van der Waals surface area contributed by atoms with Crippen molar-refractivity contribution in [1.82, 2.24) is 9.97 Å². The van der Waals surface area contributed by atoms with Crippen LogP contribution in [0.15, 0.2) is 52.7 Å². The van der Waals surface area contributed by atoms with E-state index in [0.717, 1.165) is 21.1 Å². The lowest BCUT2D eigenvalue weighted by molar-refractivity contribution is 0.395. The Morgan fingerprint density at radius 3 is 2.44 bits per heavy atom. The molecule has 0 spiro atoms. The molecular weight excluding hydrogens is 470 g/mol. The number of aromatic nitrogens is 2. The van der Waals surface area contributed by atoms with Gasteiger partial charge in [-0.2, -0.15) is 0 Å². The Morgan fingerprint density at radius 2 is 1.78 bits per heavy atom. The number of nitrogen functional groups attached to an aromatic ring is 1. The van der Waals surface area contributed by atoms with Crippen LogP contribution in [0.1, 0.15) is 0 Å². The van der Waals surface area contributed by atoms with Crippen LogP contribution in [0.3, 0.4) is 0 Å². The van der Waals surface area contributed by atoms with Crippen LogP contribution in [0.2, 0.25) is 0 Å². The predicted octanol–water partition coefficient (Wildman–Crippen LogP) is 3.92. The maximum atomic E-state index is 11.4. The number of sulfonamides is 1. The number of ether oxygens (including phenoxy) is 2. The van der Waals surface area contributed by atoms with Crippen molar-refractivity contribution in [2.24, 2.45) is 5.14 Å². The molecule has 9 nitrogen and oxygen atoms in total. The first-order valence-corrected chi connectivity index (χ1v) is 12.4. The minimum atomic E-state index is -3.74. The smallest absolute Gasteiger partial charge is 0.238 e. The monoisotopic (exact) mass is 489 g/mol. The second kappa shape index (κ2) is 8.74. The summed E-state index contributed by atoms with van der Waals surface area (Å²) in [6.45, 7) is 0. The van der Waals surface area contributed by atoms with Gasteiger partial charge in [-0.25, -0.2) is 23.5 Å². The highest BCUT2D eigenvalue weighted by molar-refractivity contribution is 7.89. The second-order valence-corrected chi connectivity index (χ2v) is 9.95. The van der Waals surface area contributed by atoms with Gasteiger partial charge in [0, 0.05) is 22.7 Å². The van der Waals surface area contributed by atoms with Crippen molar-refractivity contribution in [2.45, 2.75) is 4.90 Å². The molecular formula is C20H19N5O4S3. The van der Waals surface area contributed by atoms with Gasteiger partial charge in [0.25, 0.3) is 0 Å². The number of primary sulfonamides is 1. The van der Waals surface area contributed by atoms with E-state index < -0.39 is 10.0 Å². The number of nitrogens with two attached hydrogens (primary N) is 2. The molecule has 2 heterocycles. The summed E-state index contributed by atoms with van der Waals surface area (Å²) in [5.74, 6) is 1.70. The van der Waals surface area contributed by atoms with Crippen molar-refractivity contribution in [3.63, 3.8) is 0 Å². The molecule has 5 N–H and O–H groups in total. The van der Waals surface area contributed by atoms with Crippen molar-refractivity contribution in [3.8, 4) is 32.6 Å². The van der Waals surface area contributed by atoms with Crippen molar-refractivity contribution in [1.29, 1.82) is 0 Å². The molecule has 2 aromatic carbocycles. The van der Waals surface area contributed by atoms with E-state index in [9.17, 15) is 8.42 Å². The van der Waals surface area contributed by atoms with Crippen LogP contribution in [-0.4, -0.2) is 32.6 Å². The van der Waals surface area contributed by atoms with Crippen LogP contribution >= 0.6 is 22.7 Å². The quantitative estimate of drug-likeness (QED) is 0.354. The average Bonchev–Trinajstić information content (AvgIpc) is 3.39. The molecule has 0 amide bonds. The van der Waals surface area contributed by atoms with Gasteiger partial charge in [0.2, 0.25) is 10.0 Å². The highest BCUT2D eigenvalue weighted by Crippen LogP contribution is 2.41. The summed E-state index contributed by atoms with van der Waals surface area (Å²) < 4.78 is 33.5. The Bertz CT molecular complexity index is 1360. The topological polar surface area (TPSA) is 142 Å². The minimum absolute atomic E-state index is 0.0340. The molecule has 0 saturated carbocycles. The summed E-state index contributed by atoms with van der Waals surface area (Å²) in [5.41, 5.74) is 8.39. The molecule has 32 heavy (non-hydrogen) atoms. The number of methoxy groups -OCH3 is 2. The number of benzene rings is 2. The molecule has 0 aliphatic rings. The van der Waals surface area contributed by atoms with E-state index in [1.165, 1.54) is 34.8 Å². The summed E-state index contributed by atoms with van der Waals surface area (Å²) in [7, 11) is -0.548. The lowest BCUT2D eigenvalue weighted by Gasteiger charge is -2.08. The number of hydrogen-bond acceptors (Lipinski definition) is 10. The number of nitrogens with zero attached hydrogens (tertiary/aromatic N) is 2. The average molecular weight is 490 g/mol. The van der Waals surface area contributed by atoms with Crippen LogP contribution in [0, 0.1) is 0 Å². The van der Waals surface area contributed by atoms with Gasteiger partial charge in [-0.3, -0.25) is 0 Å². The Kier molecular flexibility index (Phi) is 6.02. The fourth-order valence-corrected chi connectivity index (χ4v) is 5.24. The van der Waals surface area contributed by atoms with Crippen molar-refractivity contribution in [2.75, 3.05) is 25.3 Å². The van der Waals surface area contributed by atoms with E-state index in [1.54, 1.807) is 32.4 Å². The van der Waals surface area contributed by atoms with Crippen LogP contribution in [0.4, 0.5) is 16.6 Å². The highest BCUT2D eigenvalue weighted by atomic mass is 32.2. The maximum Gasteiger partial charge on any atom is 0.238 e. The molecule has 0 fully saturated rings. The normalized spacial score (nSPS) is 11.3. The van der Waals surface area contributed by atoms with Gasteiger partial charge in [0.05, 0.1) is 24.8 Å². The largest absolute Gasteiger partial charge is 0.497 e. The first-order valence-electron chi connectivity index (χ1n) is 9.13. The van der Waals surface area contributed by atoms with Crippen LogP contribution in [0.5, 0.6) is 11.5 Å². The number of hydrogen-bond donors (Lipinski definition) is 3. The number of rotatable bonds is 7. The van der Waals surface area contributed by atoms with E-state index in [4.69, 9.17) is 25.3 Å². The summed E-state index contributed by atoms with van der Waals surface area (Å²) in [4.78, 5) is 9.84. The van der Waals surface area contributed by atoms with E-state index in [-0.39, 0.29) is 4.90 Å². The zero-order chi connectivity index (χ0) is 22.9. The van der Waals surface area contributed by atoms with E-state index in [1.807, 2.05) is 17.5 Å². The molecule has 0 saturated heterocycles. The Balaban J connectivity index is 1.58. The SMILES string of the molecule is COc1ccc(-c2csc(-c3sc(Nc4ccc(S(N)(=O)=O)cc4)nc3N)n2)c(OC)c1. The highest BCUT2D eigenvalue weighted by Gasteiger charge is 2.17. The van der Waals surface area contributed by atoms with Crippen molar-refractivity contribution < 1.29 is 17.9 Å². The summed E-state index contributed by atoms with van der Waals surface area (Å²) in [6.07, 6.45) is 0. The molecule has 0 aliphatic heterocycles. The third kappa shape index (κ3) is 4.53. The summed E-state index contributed by atoms with van der Waals surface area (Å²) >= 11 is 2.80. The molecule has 4 aromatic rings. The second-order valence-electron chi connectivity index (χ2n) is 6.53. The Labute approximate surface area is 192 Å². The maximum absolute atomic E-state index is 11.4. The standard InChI is InChI=1S/C20H19N5O4S3/c1-28-12-5-8-14(16(9-12)29-2)15-10-30-19(24-15)17-18(21)25-20(31-17)23-11-3-6-13(7-4-11)32(22,26)27/h3-10H,21H2,1-2H3,(H,23,25)(H2,22,26,27). The zero-order valence-corrected chi connectivity index (χ0v) is 19.5. The Hall–Kier alpha value is -3.19. The van der Waals surface area contributed by atoms with Gasteiger partial charge < -0.3 is 20.5 Å². The van der Waals surface area contributed by atoms with E-state index in [2.05, 4.69) is 10.3 Å².